The number of nitrogens with one attached hydrogen (secondary N) is 1. The van der Waals surface area contributed by atoms with Crippen molar-refractivity contribution in [2.75, 3.05) is 0 Å². The third-order valence-corrected chi connectivity index (χ3v) is 3.46. The van der Waals surface area contributed by atoms with Crippen LogP contribution in [0.1, 0.15) is 31.9 Å². The van der Waals surface area contributed by atoms with Gasteiger partial charge in [-0.3, -0.25) is 20.3 Å². The van der Waals surface area contributed by atoms with Crippen molar-refractivity contribution < 1.29 is 22.9 Å². The molecule has 0 bridgehead atoms. The first-order valence-electron chi connectivity index (χ1n) is 6.42. The summed E-state index contributed by atoms with van der Waals surface area (Å²) in [4.78, 5) is 21.5. The molecule has 1 saturated heterocycles. The Morgan fingerprint density at radius 2 is 2.05 bits per heavy atom. The summed E-state index contributed by atoms with van der Waals surface area (Å²) in [5.41, 5.74) is 0.405. The first-order valence-corrected chi connectivity index (χ1v) is 6.42. The van der Waals surface area contributed by atoms with Crippen molar-refractivity contribution in [1.29, 1.82) is 0 Å². The largest absolute Gasteiger partial charge is 0.409 e. The third kappa shape index (κ3) is 3.03. The van der Waals surface area contributed by atoms with Crippen molar-refractivity contribution >= 4 is 11.6 Å². The fourth-order valence-corrected chi connectivity index (χ4v) is 2.51. The highest BCUT2D eigenvalue weighted by Crippen LogP contribution is 2.43. The number of carbonyl (C=O) groups is 1. The number of non-ortho nitro benzene ring substituents is 1. The van der Waals surface area contributed by atoms with Crippen LogP contribution >= 0.6 is 0 Å². The molecule has 1 aromatic rings. The van der Waals surface area contributed by atoms with Gasteiger partial charge in [0.1, 0.15) is 0 Å². The highest BCUT2D eigenvalue weighted by Gasteiger charge is 2.53. The van der Waals surface area contributed by atoms with E-state index in [-0.39, 0.29) is 12.0 Å². The van der Waals surface area contributed by atoms with Crippen molar-refractivity contribution in [2.45, 2.75) is 38.0 Å². The van der Waals surface area contributed by atoms with E-state index in [4.69, 9.17) is 0 Å². The number of benzene rings is 1. The predicted octanol–water partition coefficient (Wildman–Crippen LogP) is 2.71. The van der Waals surface area contributed by atoms with E-state index >= 15 is 0 Å². The van der Waals surface area contributed by atoms with E-state index in [9.17, 15) is 28.1 Å². The van der Waals surface area contributed by atoms with Gasteiger partial charge >= 0.3 is 6.18 Å². The number of hydrazine groups is 1. The molecule has 1 heterocycles. The zero-order chi connectivity index (χ0) is 16.7. The molecule has 0 aliphatic carbocycles. The maximum Gasteiger partial charge on any atom is 0.409 e. The highest BCUT2D eigenvalue weighted by molar-refractivity contribution is 5.79. The standard InChI is InChI=1S/C13H14F3N3O3/c1-12(2)7-10(20)17-18(12)11(13(14,15)16)8-4-3-5-9(6-8)19(21)22/h3-6,11H,7H2,1-2H3,(H,17,20). The molecule has 0 aromatic heterocycles. The monoisotopic (exact) mass is 317 g/mol. The van der Waals surface area contributed by atoms with Crippen LogP contribution in [0.3, 0.4) is 0 Å². The summed E-state index contributed by atoms with van der Waals surface area (Å²) in [5.74, 6) is -0.523. The summed E-state index contributed by atoms with van der Waals surface area (Å²) >= 11 is 0. The number of carbonyl (C=O) groups excluding carboxylic acids is 1. The summed E-state index contributed by atoms with van der Waals surface area (Å²) in [6.45, 7) is 3.00. The molecule has 1 aliphatic rings. The van der Waals surface area contributed by atoms with Gasteiger partial charge in [-0.25, -0.2) is 0 Å². The van der Waals surface area contributed by atoms with Crippen LogP contribution < -0.4 is 5.43 Å². The molecule has 1 atom stereocenters. The fourth-order valence-electron chi connectivity index (χ4n) is 2.51. The average molecular weight is 317 g/mol. The van der Waals surface area contributed by atoms with Gasteiger partial charge in [0, 0.05) is 24.1 Å². The van der Waals surface area contributed by atoms with Gasteiger partial charge in [0.15, 0.2) is 6.04 Å². The number of hydrogen-bond donors (Lipinski definition) is 1. The fraction of sp³-hybridized carbons (Fsp3) is 0.462. The Morgan fingerprint density at radius 3 is 2.50 bits per heavy atom. The minimum Gasteiger partial charge on any atom is -0.287 e. The van der Waals surface area contributed by atoms with Crippen LogP contribution in [-0.4, -0.2) is 27.6 Å². The number of nitrogens with zero attached hydrogens (tertiary/aromatic N) is 2. The van der Waals surface area contributed by atoms with Gasteiger partial charge in [0.05, 0.1) is 4.92 Å². The molecular formula is C13H14F3N3O3. The second-order valence-corrected chi connectivity index (χ2v) is 5.69. The van der Waals surface area contributed by atoms with Crippen LogP contribution in [0, 0.1) is 10.1 Å². The smallest absolute Gasteiger partial charge is 0.287 e. The van der Waals surface area contributed by atoms with Gasteiger partial charge in [0.2, 0.25) is 5.91 Å². The van der Waals surface area contributed by atoms with Crippen molar-refractivity contribution in [2.24, 2.45) is 0 Å². The Hall–Kier alpha value is -2.16. The Labute approximate surface area is 124 Å². The predicted molar refractivity (Wildman–Crippen MR) is 70.6 cm³/mol. The average Bonchev–Trinajstić information content (AvgIpc) is 2.61. The molecule has 0 radical (unpaired) electrons. The second-order valence-electron chi connectivity index (χ2n) is 5.69. The van der Waals surface area contributed by atoms with Gasteiger partial charge in [-0.2, -0.15) is 18.2 Å². The molecule has 2 rings (SSSR count). The van der Waals surface area contributed by atoms with Gasteiger partial charge in [-0.15, -0.1) is 0 Å². The number of halogens is 3. The van der Waals surface area contributed by atoms with E-state index in [1.807, 2.05) is 0 Å². The Morgan fingerprint density at radius 1 is 1.41 bits per heavy atom. The van der Waals surface area contributed by atoms with Crippen LogP contribution in [0.4, 0.5) is 18.9 Å². The normalized spacial score (nSPS) is 19.8. The molecule has 0 spiro atoms. The molecule has 1 N–H and O–H groups in total. The van der Waals surface area contributed by atoms with Crippen LogP contribution in [0.25, 0.3) is 0 Å². The lowest BCUT2D eigenvalue weighted by Gasteiger charge is -2.37. The molecule has 0 saturated carbocycles. The zero-order valence-electron chi connectivity index (χ0n) is 11.8. The lowest BCUT2D eigenvalue weighted by Crippen LogP contribution is -2.51. The van der Waals surface area contributed by atoms with Crippen LogP contribution in [0.2, 0.25) is 0 Å². The summed E-state index contributed by atoms with van der Waals surface area (Å²) in [5, 5.41) is 11.6. The maximum atomic E-state index is 13.5. The minimum atomic E-state index is -4.70. The van der Waals surface area contributed by atoms with Crippen molar-refractivity contribution in [3.05, 3.63) is 39.9 Å². The number of nitro groups is 1. The molecule has 120 valence electrons. The first kappa shape index (κ1) is 16.2. The summed E-state index contributed by atoms with van der Waals surface area (Å²) in [6, 6.07) is 2.18. The van der Waals surface area contributed by atoms with Gasteiger partial charge < -0.3 is 0 Å². The lowest BCUT2D eigenvalue weighted by atomic mass is 9.97. The van der Waals surface area contributed by atoms with E-state index < -0.39 is 34.3 Å². The number of rotatable bonds is 3. The topological polar surface area (TPSA) is 75.5 Å². The molecular weight excluding hydrogens is 303 g/mol. The molecule has 9 heteroatoms. The lowest BCUT2D eigenvalue weighted by molar-refractivity contribution is -0.385. The summed E-state index contributed by atoms with van der Waals surface area (Å²) in [6.07, 6.45) is -4.79. The summed E-state index contributed by atoms with van der Waals surface area (Å²) < 4.78 is 40.5. The number of hydrogen-bond acceptors (Lipinski definition) is 4. The van der Waals surface area contributed by atoms with Crippen LogP contribution in [-0.2, 0) is 4.79 Å². The van der Waals surface area contributed by atoms with Gasteiger partial charge in [-0.05, 0) is 19.4 Å². The number of amides is 1. The number of alkyl halides is 3. The van der Waals surface area contributed by atoms with Crippen molar-refractivity contribution in [1.82, 2.24) is 10.4 Å². The van der Waals surface area contributed by atoms with Crippen molar-refractivity contribution in [3.63, 3.8) is 0 Å². The SMILES string of the molecule is CC1(C)CC(=O)NN1C(c1cccc([N+](=O)[O-])c1)C(F)(F)F. The maximum absolute atomic E-state index is 13.5. The van der Waals surface area contributed by atoms with E-state index in [2.05, 4.69) is 5.43 Å². The van der Waals surface area contributed by atoms with Crippen molar-refractivity contribution in [3.8, 4) is 0 Å². The molecule has 1 fully saturated rings. The Balaban J connectivity index is 2.50. The Bertz CT molecular complexity index is 616. The Kier molecular flexibility index (Phi) is 3.86. The molecule has 1 aliphatic heterocycles. The molecule has 6 nitrogen and oxygen atoms in total. The summed E-state index contributed by atoms with van der Waals surface area (Å²) in [7, 11) is 0. The van der Waals surface area contributed by atoms with E-state index in [0.29, 0.717) is 0 Å². The quantitative estimate of drug-likeness (QED) is 0.687. The van der Waals surface area contributed by atoms with E-state index in [1.165, 1.54) is 19.9 Å². The second kappa shape index (κ2) is 5.24. The highest BCUT2D eigenvalue weighted by atomic mass is 19.4. The van der Waals surface area contributed by atoms with Gasteiger partial charge in [-0.1, -0.05) is 12.1 Å². The minimum absolute atomic E-state index is 0.0888. The molecule has 1 unspecified atom stereocenters. The van der Waals surface area contributed by atoms with Crippen LogP contribution in [0.5, 0.6) is 0 Å². The third-order valence-electron chi connectivity index (χ3n) is 3.46. The zero-order valence-corrected chi connectivity index (χ0v) is 11.8. The van der Waals surface area contributed by atoms with E-state index in [0.717, 1.165) is 23.2 Å². The molecule has 1 amide bonds. The molecule has 22 heavy (non-hydrogen) atoms. The molecule has 1 aromatic carbocycles. The van der Waals surface area contributed by atoms with Gasteiger partial charge in [0.25, 0.3) is 5.69 Å². The number of nitro benzene ring substituents is 1. The van der Waals surface area contributed by atoms with E-state index in [1.54, 1.807) is 0 Å². The first-order chi connectivity index (χ1) is 10.0. The van der Waals surface area contributed by atoms with Crippen LogP contribution in [0.15, 0.2) is 24.3 Å².